The summed E-state index contributed by atoms with van der Waals surface area (Å²) < 4.78 is 19.6. The van der Waals surface area contributed by atoms with Crippen LogP contribution < -0.4 is 10.1 Å². The summed E-state index contributed by atoms with van der Waals surface area (Å²) in [5, 5.41) is 9.13. The molecule has 1 aliphatic rings. The van der Waals surface area contributed by atoms with Crippen molar-refractivity contribution in [2.24, 2.45) is 0 Å². The second-order valence-corrected chi connectivity index (χ2v) is 17.9. The molecule has 42 heavy (non-hydrogen) atoms. The van der Waals surface area contributed by atoms with E-state index in [1.807, 2.05) is 63.6 Å². The number of ether oxygens (including phenoxy) is 3. The van der Waals surface area contributed by atoms with Crippen molar-refractivity contribution >= 4 is 32.9 Å². The molecular weight excluding hydrogens is 552 g/mol. The second-order valence-electron chi connectivity index (χ2n) is 13.3. The molecule has 9 nitrogen and oxygen atoms in total. The van der Waals surface area contributed by atoms with Crippen LogP contribution in [0.3, 0.4) is 0 Å². The van der Waals surface area contributed by atoms with Gasteiger partial charge in [-0.3, -0.25) is 4.79 Å². The molecule has 2 amide bonds. The molecule has 0 aliphatic carbocycles. The van der Waals surface area contributed by atoms with Crippen LogP contribution in [-0.4, -0.2) is 76.6 Å². The predicted molar refractivity (Wildman–Crippen MR) is 170 cm³/mol. The highest BCUT2D eigenvalue weighted by molar-refractivity contribution is 8.32. The first-order valence-electron chi connectivity index (χ1n) is 14.3. The molecule has 0 bridgehead atoms. The first-order chi connectivity index (χ1) is 19.6. The zero-order valence-corrected chi connectivity index (χ0v) is 27.3. The molecule has 0 spiro atoms. The summed E-state index contributed by atoms with van der Waals surface area (Å²) >= 11 is 0. The number of hydrogen-bond acceptors (Lipinski definition) is 6. The van der Waals surface area contributed by atoms with E-state index in [0.717, 1.165) is 33.5 Å². The summed E-state index contributed by atoms with van der Waals surface area (Å²) in [7, 11) is -0.649. The van der Waals surface area contributed by atoms with Gasteiger partial charge in [-0.2, -0.15) is 5.10 Å². The van der Waals surface area contributed by atoms with Crippen LogP contribution in [0.4, 0.5) is 4.79 Å². The Morgan fingerprint density at radius 2 is 1.79 bits per heavy atom. The Hall–Kier alpha value is -3.24. The number of aromatic nitrogens is 2. The van der Waals surface area contributed by atoms with Crippen LogP contribution in [0.25, 0.3) is 10.9 Å². The minimum Gasteiger partial charge on any atom is -0.491 e. The summed E-state index contributed by atoms with van der Waals surface area (Å²) in [6.45, 7) is 13.4. The third kappa shape index (κ3) is 7.58. The van der Waals surface area contributed by atoms with Crippen molar-refractivity contribution in [3.05, 3.63) is 58.8 Å². The van der Waals surface area contributed by atoms with Crippen molar-refractivity contribution in [3.63, 3.8) is 0 Å². The molecular formula is C32H46N4O5S. The molecule has 4 rings (SSSR count). The predicted octanol–water partition coefficient (Wildman–Crippen LogP) is 5.81. The standard InChI is InChI=1S/C32H46N4O5S/c1-22-12-10-14-24-26(22)36(21-39-18-19-42(7,8)9)34-28(24)32(5,6)33-29(37)25-15-11-13-23-20-35(16-17-40-27(23)25)30(38)41-31(2,3)4/h10-15H,16-21H2,1-9H3,(H,33,37). The van der Waals surface area contributed by atoms with Crippen molar-refractivity contribution in [1.82, 2.24) is 20.0 Å². The van der Waals surface area contributed by atoms with Crippen molar-refractivity contribution in [2.45, 2.75) is 66.0 Å². The lowest BCUT2D eigenvalue weighted by Crippen LogP contribution is -2.41. The maximum Gasteiger partial charge on any atom is 0.410 e. The van der Waals surface area contributed by atoms with Crippen molar-refractivity contribution in [3.8, 4) is 5.75 Å². The molecule has 10 heteroatoms. The number of nitrogens with zero attached hydrogens (tertiary/aromatic N) is 3. The third-order valence-corrected chi connectivity index (χ3v) is 8.40. The molecule has 2 aromatic carbocycles. The maximum atomic E-state index is 13.8. The van der Waals surface area contributed by atoms with Gasteiger partial charge in [0.2, 0.25) is 0 Å². The average Bonchev–Trinajstić information content (AvgIpc) is 3.11. The quantitative estimate of drug-likeness (QED) is 0.329. The number of fused-ring (bicyclic) bond motifs is 2. The first-order valence-corrected chi connectivity index (χ1v) is 17.3. The van der Waals surface area contributed by atoms with Gasteiger partial charge < -0.3 is 24.4 Å². The van der Waals surface area contributed by atoms with Crippen LogP contribution in [0.5, 0.6) is 5.75 Å². The lowest BCUT2D eigenvalue weighted by Gasteiger charge is -2.26. The Bertz CT molecular complexity index is 1450. The highest BCUT2D eigenvalue weighted by atomic mass is 32.3. The molecule has 1 aliphatic heterocycles. The van der Waals surface area contributed by atoms with Crippen molar-refractivity contribution < 1.29 is 23.8 Å². The fraction of sp³-hybridized carbons (Fsp3) is 0.531. The Kier molecular flexibility index (Phi) is 9.18. The Morgan fingerprint density at radius 3 is 2.48 bits per heavy atom. The van der Waals surface area contributed by atoms with Crippen LogP contribution in [0.2, 0.25) is 0 Å². The minimum atomic E-state index is -0.806. The van der Waals surface area contributed by atoms with Gasteiger partial charge in [-0.05, 0) is 71.9 Å². The smallest absolute Gasteiger partial charge is 0.410 e. The molecule has 0 unspecified atom stereocenters. The molecule has 1 aromatic heterocycles. The fourth-order valence-corrected chi connectivity index (χ4v) is 5.54. The Morgan fingerprint density at radius 1 is 1.07 bits per heavy atom. The second kappa shape index (κ2) is 12.2. The minimum absolute atomic E-state index is 0.255. The van der Waals surface area contributed by atoms with E-state index in [1.54, 1.807) is 11.0 Å². The third-order valence-electron chi connectivity index (χ3n) is 7.01. The largest absolute Gasteiger partial charge is 0.491 e. The molecule has 230 valence electrons. The van der Waals surface area contributed by atoms with Gasteiger partial charge >= 0.3 is 6.09 Å². The summed E-state index contributed by atoms with van der Waals surface area (Å²) in [4.78, 5) is 28.1. The molecule has 0 saturated heterocycles. The zero-order valence-electron chi connectivity index (χ0n) is 26.5. The van der Waals surface area contributed by atoms with E-state index >= 15 is 0 Å². The van der Waals surface area contributed by atoms with Crippen molar-refractivity contribution in [1.29, 1.82) is 0 Å². The van der Waals surface area contributed by atoms with Gasteiger partial charge in [0.25, 0.3) is 5.91 Å². The number of hydrogen-bond donors (Lipinski definition) is 1. The molecule has 0 radical (unpaired) electrons. The fourth-order valence-electron chi connectivity index (χ4n) is 4.93. The number of aryl methyl sites for hydroxylation is 1. The zero-order chi connectivity index (χ0) is 30.9. The first kappa shape index (κ1) is 31.7. The SMILES string of the molecule is Cc1cccc2c(C(C)(C)NC(=O)c3cccc4c3OCCN(C(=O)OC(C)(C)C)C4)nn(COCCS(C)(C)C)c12. The van der Waals surface area contributed by atoms with Crippen LogP contribution in [0.15, 0.2) is 36.4 Å². The van der Waals surface area contributed by atoms with Gasteiger partial charge in [0, 0.05) is 16.7 Å². The van der Waals surface area contributed by atoms with Gasteiger partial charge in [-0.1, -0.05) is 30.3 Å². The molecule has 0 atom stereocenters. The van der Waals surface area contributed by atoms with Crippen LogP contribution >= 0.6 is 10.0 Å². The lowest BCUT2D eigenvalue weighted by molar-refractivity contribution is 0.0225. The van der Waals surface area contributed by atoms with Gasteiger partial charge in [-0.15, -0.1) is 0 Å². The van der Waals surface area contributed by atoms with Crippen LogP contribution in [0.1, 0.15) is 61.8 Å². The number of benzene rings is 2. The number of rotatable bonds is 8. The lowest BCUT2D eigenvalue weighted by atomic mass is 9.95. The topological polar surface area (TPSA) is 94.9 Å². The highest BCUT2D eigenvalue weighted by Crippen LogP contribution is 2.34. The number of carbonyl (C=O) groups excluding carboxylic acids is 2. The van der Waals surface area contributed by atoms with Crippen LogP contribution in [-0.2, 0) is 28.3 Å². The van der Waals surface area contributed by atoms with Gasteiger partial charge in [0.05, 0.1) is 42.0 Å². The van der Waals surface area contributed by atoms with E-state index in [0.29, 0.717) is 37.7 Å². The number of carbonyl (C=O) groups is 2. The maximum absolute atomic E-state index is 13.8. The van der Waals surface area contributed by atoms with Gasteiger partial charge in [-0.25, -0.2) is 19.5 Å². The molecule has 2 heterocycles. The van der Waals surface area contributed by atoms with Gasteiger partial charge in [0.15, 0.2) is 0 Å². The summed E-state index contributed by atoms with van der Waals surface area (Å²) in [5.41, 5.74) is 2.61. The molecule has 1 N–H and O–H groups in total. The van der Waals surface area contributed by atoms with E-state index in [4.69, 9.17) is 19.3 Å². The average molecular weight is 599 g/mol. The van der Waals surface area contributed by atoms with E-state index in [2.05, 4.69) is 37.1 Å². The van der Waals surface area contributed by atoms with E-state index in [9.17, 15) is 9.59 Å². The summed E-state index contributed by atoms with van der Waals surface area (Å²) in [6, 6.07) is 11.5. The number of nitrogens with one attached hydrogen (secondary N) is 1. The molecule has 0 fully saturated rings. The van der Waals surface area contributed by atoms with Gasteiger partial charge in [0.1, 0.15) is 24.7 Å². The van der Waals surface area contributed by atoms with Crippen molar-refractivity contribution in [2.75, 3.05) is 44.3 Å². The monoisotopic (exact) mass is 598 g/mol. The summed E-state index contributed by atoms with van der Waals surface area (Å²) in [6.07, 6.45) is 6.43. The van der Waals surface area contributed by atoms with E-state index in [-0.39, 0.29) is 12.5 Å². The number of para-hydroxylation sites is 2. The normalized spacial score (nSPS) is 14.6. The van der Waals surface area contributed by atoms with Crippen LogP contribution in [0, 0.1) is 6.92 Å². The Labute approximate surface area is 251 Å². The number of amides is 2. The van der Waals surface area contributed by atoms with E-state index < -0.39 is 27.3 Å². The molecule has 3 aromatic rings. The Balaban J connectivity index is 1.57. The molecule has 0 saturated carbocycles. The summed E-state index contributed by atoms with van der Waals surface area (Å²) in [5.74, 6) is 1.23. The highest BCUT2D eigenvalue weighted by Gasteiger charge is 2.32. The van der Waals surface area contributed by atoms with E-state index in [1.165, 1.54) is 0 Å².